The third-order valence-corrected chi connectivity index (χ3v) is 10.3. The van der Waals surface area contributed by atoms with Crippen molar-refractivity contribution in [2.75, 3.05) is 57.3 Å². The Morgan fingerprint density at radius 3 is 2.02 bits per heavy atom. The van der Waals surface area contributed by atoms with E-state index in [1.54, 1.807) is 0 Å². The summed E-state index contributed by atoms with van der Waals surface area (Å²) in [6.45, 7) is 2.77. The Kier molecular flexibility index (Phi) is 9.65. The second-order valence-corrected chi connectivity index (χ2v) is 13.3. The molecule has 0 bridgehead atoms. The molecule has 1 N–H and O–H groups in total. The van der Waals surface area contributed by atoms with E-state index in [1.807, 2.05) is 9.80 Å². The number of halogens is 9. The number of ether oxygens (including phenoxy) is 1. The summed E-state index contributed by atoms with van der Waals surface area (Å²) in [7, 11) is 0. The number of carboxylic acids is 1. The van der Waals surface area contributed by atoms with Crippen molar-refractivity contribution in [1.82, 2.24) is 14.7 Å². The summed E-state index contributed by atoms with van der Waals surface area (Å²) >= 11 is 0. The highest BCUT2D eigenvalue weighted by molar-refractivity contribution is 5.69. The van der Waals surface area contributed by atoms with Crippen molar-refractivity contribution in [1.29, 1.82) is 0 Å². The minimum absolute atomic E-state index is 0.0598. The van der Waals surface area contributed by atoms with Crippen LogP contribution in [0.3, 0.4) is 0 Å². The maximum absolute atomic E-state index is 13.8. The highest BCUT2D eigenvalue weighted by atomic mass is 19.4. The van der Waals surface area contributed by atoms with Gasteiger partial charge in [0.1, 0.15) is 0 Å². The Bertz CT molecular complexity index is 1290. The van der Waals surface area contributed by atoms with E-state index in [9.17, 15) is 49.1 Å². The Balaban J connectivity index is 1.29. The minimum atomic E-state index is -5.82. The molecule has 4 heterocycles. The number of hydrogen-bond acceptors (Lipinski definition) is 6. The van der Waals surface area contributed by atoms with Crippen LogP contribution in [-0.4, -0.2) is 108 Å². The summed E-state index contributed by atoms with van der Waals surface area (Å²) in [5.41, 5.74) is -0.341. The largest absolute Gasteiger partial charge is 0.480 e. The van der Waals surface area contributed by atoms with Gasteiger partial charge in [0.05, 0.1) is 12.1 Å². The van der Waals surface area contributed by atoms with Crippen LogP contribution >= 0.6 is 0 Å². The molecule has 0 radical (unpaired) electrons. The van der Waals surface area contributed by atoms with Crippen molar-refractivity contribution >= 4 is 17.7 Å². The lowest BCUT2D eigenvalue weighted by Gasteiger charge is -2.45. The fourth-order valence-electron chi connectivity index (χ4n) is 7.71. The van der Waals surface area contributed by atoms with E-state index >= 15 is 0 Å². The highest BCUT2D eigenvalue weighted by Crippen LogP contribution is 2.46. The number of carbonyl (C=O) groups excluding carboxylic acids is 1. The van der Waals surface area contributed by atoms with Gasteiger partial charge in [0.15, 0.2) is 0 Å². The molecule has 0 atom stereocenters. The zero-order valence-corrected chi connectivity index (χ0v) is 25.5. The molecule has 0 saturated carbocycles. The van der Waals surface area contributed by atoms with Crippen molar-refractivity contribution in [3.8, 4) is 0 Å². The molecule has 0 unspecified atom stereocenters. The number of hydrogen-bond donors (Lipinski definition) is 1. The second-order valence-electron chi connectivity index (χ2n) is 13.3. The summed E-state index contributed by atoms with van der Waals surface area (Å²) < 4.78 is 123. The molecule has 2 spiro atoms. The number of likely N-dealkylation sites (tertiary alicyclic amines) is 3. The first kappa shape index (κ1) is 35.4. The predicted molar refractivity (Wildman–Crippen MR) is 150 cm³/mol. The average Bonchev–Trinajstić information content (AvgIpc) is 3.55. The van der Waals surface area contributed by atoms with E-state index in [0.29, 0.717) is 50.4 Å². The first-order chi connectivity index (χ1) is 21.8. The summed E-state index contributed by atoms with van der Waals surface area (Å²) in [6.07, 6.45) is -18.1. The van der Waals surface area contributed by atoms with Crippen LogP contribution in [0.15, 0.2) is 18.2 Å². The van der Waals surface area contributed by atoms with E-state index in [-0.39, 0.29) is 44.4 Å². The molecule has 1 amide bonds. The lowest BCUT2D eigenvalue weighted by atomic mass is 9.78. The van der Waals surface area contributed by atoms with Gasteiger partial charge >= 0.3 is 30.6 Å². The number of benzene rings is 1. The fraction of sp³-hybridized carbons (Fsp3) is 0.733. The van der Waals surface area contributed by atoms with Crippen molar-refractivity contribution in [2.24, 2.45) is 5.41 Å². The average molecular weight is 689 g/mol. The van der Waals surface area contributed by atoms with Gasteiger partial charge in [-0.15, -0.1) is 0 Å². The van der Waals surface area contributed by atoms with Gasteiger partial charge in [-0.2, -0.15) is 39.5 Å². The molecule has 1 aromatic rings. The Hall–Kier alpha value is -2.95. The van der Waals surface area contributed by atoms with E-state index in [0.717, 1.165) is 42.7 Å². The smallest absolute Gasteiger partial charge is 0.434 e. The van der Waals surface area contributed by atoms with Crippen LogP contribution in [0.2, 0.25) is 0 Å². The number of rotatable bonds is 6. The Labute approximate surface area is 265 Å². The number of nitrogens with zero attached hydrogens (tertiary/aromatic N) is 4. The van der Waals surface area contributed by atoms with Gasteiger partial charge in [-0.05, 0) is 87.7 Å². The van der Waals surface area contributed by atoms with Crippen LogP contribution in [0.4, 0.5) is 50.0 Å². The van der Waals surface area contributed by atoms with Crippen LogP contribution in [0.5, 0.6) is 0 Å². The summed E-state index contributed by atoms with van der Waals surface area (Å²) in [6, 6.07) is 3.66. The van der Waals surface area contributed by atoms with Crippen LogP contribution in [0.1, 0.15) is 56.1 Å². The number of carboxylic acid groups (broad SMARTS) is 1. The normalized spacial score (nSPS) is 22.5. The number of aliphatic carboxylic acids is 1. The van der Waals surface area contributed by atoms with Crippen molar-refractivity contribution < 1.29 is 58.9 Å². The Morgan fingerprint density at radius 2 is 1.45 bits per heavy atom. The molecular formula is C30H37F9N4O4. The second kappa shape index (κ2) is 12.8. The molecule has 5 rings (SSSR count). The fourth-order valence-corrected chi connectivity index (χ4v) is 7.71. The van der Waals surface area contributed by atoms with Crippen LogP contribution in [0, 0.1) is 5.41 Å². The van der Waals surface area contributed by atoms with Crippen LogP contribution in [-0.2, 0) is 22.3 Å². The molecule has 1 aromatic carbocycles. The lowest BCUT2D eigenvalue weighted by Crippen LogP contribution is -2.54. The number of piperidine rings is 2. The lowest BCUT2D eigenvalue weighted by molar-refractivity contribution is -0.308. The van der Waals surface area contributed by atoms with Crippen molar-refractivity contribution in [3.63, 3.8) is 0 Å². The van der Waals surface area contributed by atoms with Gasteiger partial charge in [0.2, 0.25) is 0 Å². The molecular weight excluding hydrogens is 651 g/mol. The topological polar surface area (TPSA) is 76.6 Å². The predicted octanol–water partition coefficient (Wildman–Crippen LogP) is 6.14. The number of anilines is 1. The van der Waals surface area contributed by atoms with Gasteiger partial charge in [-0.1, -0.05) is 6.07 Å². The van der Waals surface area contributed by atoms with E-state index in [4.69, 9.17) is 5.11 Å². The molecule has 0 aliphatic carbocycles. The van der Waals surface area contributed by atoms with Crippen LogP contribution < -0.4 is 4.90 Å². The molecule has 4 aliphatic rings. The van der Waals surface area contributed by atoms with Gasteiger partial charge < -0.3 is 19.6 Å². The molecule has 4 saturated heterocycles. The summed E-state index contributed by atoms with van der Waals surface area (Å²) in [4.78, 5) is 30.2. The standard InChI is InChI=1S/C30H37F9N4O4/c31-28(32,33)21-3-2-20(22(16-21)42-13-7-26(19-42)5-11-40(12-6-26)18-23(44)45)17-43-10-1-4-27(43)8-14-41(15-9-27)25(46)47-24(29(34,35)36)30(37,38)39/h2-3,16,24H,1,4-15,17-19H2,(H,44,45). The highest BCUT2D eigenvalue weighted by Gasteiger charge is 2.60. The molecule has 0 aromatic heterocycles. The first-order valence-electron chi connectivity index (χ1n) is 15.5. The molecule has 47 heavy (non-hydrogen) atoms. The number of alkyl halides is 9. The number of carbonyl (C=O) groups is 2. The molecule has 8 nitrogen and oxygen atoms in total. The van der Waals surface area contributed by atoms with Gasteiger partial charge in [-0.3, -0.25) is 14.6 Å². The van der Waals surface area contributed by atoms with E-state index < -0.39 is 47.8 Å². The zero-order valence-electron chi connectivity index (χ0n) is 25.5. The zero-order chi connectivity index (χ0) is 34.4. The van der Waals surface area contributed by atoms with Gasteiger partial charge in [0, 0.05) is 44.0 Å². The minimum Gasteiger partial charge on any atom is -0.480 e. The molecule has 4 fully saturated rings. The molecule has 4 aliphatic heterocycles. The molecule has 17 heteroatoms. The quantitative estimate of drug-likeness (QED) is 0.360. The third-order valence-electron chi connectivity index (χ3n) is 10.3. The monoisotopic (exact) mass is 688 g/mol. The summed E-state index contributed by atoms with van der Waals surface area (Å²) in [5.74, 6) is -0.913. The van der Waals surface area contributed by atoms with Crippen LogP contribution in [0.25, 0.3) is 0 Å². The molecule has 264 valence electrons. The van der Waals surface area contributed by atoms with Gasteiger partial charge in [0.25, 0.3) is 6.10 Å². The van der Waals surface area contributed by atoms with E-state index in [2.05, 4.69) is 9.64 Å². The Morgan fingerprint density at radius 1 is 0.830 bits per heavy atom. The number of amides is 1. The van der Waals surface area contributed by atoms with E-state index in [1.165, 1.54) is 6.07 Å². The summed E-state index contributed by atoms with van der Waals surface area (Å²) in [5, 5.41) is 9.12. The first-order valence-corrected chi connectivity index (χ1v) is 15.5. The third kappa shape index (κ3) is 7.86. The maximum Gasteiger partial charge on any atom is 0.434 e. The van der Waals surface area contributed by atoms with Crippen molar-refractivity contribution in [2.45, 2.75) is 81.7 Å². The maximum atomic E-state index is 13.8. The SMILES string of the molecule is O=C(O)CN1CCC2(CC1)CCN(c1cc(C(F)(F)F)ccc1CN1CCCC13CCN(C(=O)OC(C(F)(F)F)C(F)(F)F)CC3)C2. The van der Waals surface area contributed by atoms with Crippen molar-refractivity contribution in [3.05, 3.63) is 29.3 Å². The van der Waals surface area contributed by atoms with Gasteiger partial charge in [-0.25, -0.2) is 4.79 Å².